The monoisotopic (exact) mass is 488 g/mol. The van der Waals surface area contributed by atoms with Gasteiger partial charge in [0.1, 0.15) is 11.6 Å². The first-order valence-corrected chi connectivity index (χ1v) is 12.2. The van der Waals surface area contributed by atoms with E-state index in [1.165, 1.54) is 0 Å². The lowest BCUT2D eigenvalue weighted by Gasteiger charge is -2.15. The Balaban J connectivity index is 1.55. The van der Waals surface area contributed by atoms with Gasteiger partial charge in [0, 0.05) is 54.0 Å². The summed E-state index contributed by atoms with van der Waals surface area (Å²) in [6.45, 7) is 6.71. The Labute approximate surface area is 215 Å². The van der Waals surface area contributed by atoms with Crippen LogP contribution < -0.4 is 11.1 Å². The summed E-state index contributed by atoms with van der Waals surface area (Å²) in [5, 5.41) is 18.5. The Bertz CT molecular complexity index is 1630. The molecule has 5 aromatic rings. The number of benzene rings is 2. The molecule has 0 fully saturated rings. The van der Waals surface area contributed by atoms with Crippen molar-refractivity contribution >= 4 is 22.5 Å². The molecule has 3 heterocycles. The van der Waals surface area contributed by atoms with Gasteiger partial charge in [-0.2, -0.15) is 10.4 Å². The number of nitrogens with two attached hydrogens (primary N) is 1. The summed E-state index contributed by atoms with van der Waals surface area (Å²) in [6, 6.07) is 20.1. The second-order valence-electron chi connectivity index (χ2n) is 9.21. The Morgan fingerprint density at radius 3 is 2.70 bits per heavy atom. The van der Waals surface area contributed by atoms with Crippen LogP contribution in [0.2, 0.25) is 0 Å². The van der Waals surface area contributed by atoms with E-state index >= 15 is 0 Å². The summed E-state index contributed by atoms with van der Waals surface area (Å²) in [7, 11) is 0. The SMILES string of the molecule is Cc1c(C#N)cccc1-c1nc(N)c(CCNc2ccn(C(C)C)n2)nc1-c1ccc2ncccc2c1. The van der Waals surface area contributed by atoms with Crippen molar-refractivity contribution in [2.75, 3.05) is 17.6 Å². The fraction of sp³-hybridized carbons (Fsp3) is 0.207. The minimum absolute atomic E-state index is 0.298. The van der Waals surface area contributed by atoms with Crippen molar-refractivity contribution < 1.29 is 0 Å². The number of hydrogen-bond acceptors (Lipinski definition) is 7. The first-order chi connectivity index (χ1) is 17.9. The van der Waals surface area contributed by atoms with Crippen LogP contribution >= 0.6 is 0 Å². The molecule has 0 spiro atoms. The number of anilines is 2. The standard InChI is InChI=1S/C29H28N8/c1-18(2)37-15-12-26(36-37)33-14-11-25-29(31)35-28(23-8-4-6-22(17-30)19(23)3)27(34-25)21-9-10-24-20(16-21)7-5-13-32-24/h4-10,12-13,15-16,18H,11,14H2,1-3H3,(H2,31,35)(H,33,36). The van der Waals surface area contributed by atoms with E-state index < -0.39 is 0 Å². The van der Waals surface area contributed by atoms with Crippen LogP contribution in [0.25, 0.3) is 33.4 Å². The number of pyridine rings is 1. The summed E-state index contributed by atoms with van der Waals surface area (Å²) in [4.78, 5) is 14.3. The van der Waals surface area contributed by atoms with E-state index in [1.807, 2.05) is 60.3 Å². The number of hydrogen-bond donors (Lipinski definition) is 2. The van der Waals surface area contributed by atoms with Gasteiger partial charge in [0.05, 0.1) is 34.2 Å². The molecule has 0 amide bonds. The fourth-order valence-corrected chi connectivity index (χ4v) is 4.32. The van der Waals surface area contributed by atoms with Crippen LogP contribution in [0.3, 0.4) is 0 Å². The molecule has 0 aliphatic carbocycles. The van der Waals surface area contributed by atoms with E-state index in [0.29, 0.717) is 41.8 Å². The van der Waals surface area contributed by atoms with E-state index in [0.717, 1.165) is 39.1 Å². The lowest BCUT2D eigenvalue weighted by Crippen LogP contribution is -2.12. The molecular formula is C29H28N8. The molecule has 0 radical (unpaired) electrons. The predicted octanol–water partition coefficient (Wildman–Crippen LogP) is 5.55. The van der Waals surface area contributed by atoms with Gasteiger partial charge in [-0.3, -0.25) is 9.67 Å². The largest absolute Gasteiger partial charge is 0.382 e. The summed E-state index contributed by atoms with van der Waals surface area (Å²) in [6.07, 6.45) is 4.32. The number of nitrogen functional groups attached to an aromatic ring is 1. The number of aromatic nitrogens is 5. The third-order valence-electron chi connectivity index (χ3n) is 6.39. The van der Waals surface area contributed by atoms with Gasteiger partial charge in [0.25, 0.3) is 0 Å². The second kappa shape index (κ2) is 10.1. The summed E-state index contributed by atoms with van der Waals surface area (Å²) in [5.41, 5.74) is 12.6. The Morgan fingerprint density at radius 2 is 1.92 bits per heavy atom. The topological polar surface area (TPSA) is 118 Å². The van der Waals surface area contributed by atoms with Gasteiger partial charge in [0.15, 0.2) is 0 Å². The molecular weight excluding hydrogens is 460 g/mol. The van der Waals surface area contributed by atoms with Crippen LogP contribution in [0, 0.1) is 18.3 Å². The minimum Gasteiger partial charge on any atom is -0.382 e. The van der Waals surface area contributed by atoms with Crippen LogP contribution in [-0.2, 0) is 6.42 Å². The maximum absolute atomic E-state index is 9.58. The van der Waals surface area contributed by atoms with Crippen molar-refractivity contribution in [1.29, 1.82) is 5.26 Å². The molecule has 8 nitrogen and oxygen atoms in total. The zero-order valence-corrected chi connectivity index (χ0v) is 21.1. The Morgan fingerprint density at radius 1 is 1.05 bits per heavy atom. The smallest absolute Gasteiger partial charge is 0.148 e. The van der Waals surface area contributed by atoms with Crippen LogP contribution in [-0.4, -0.2) is 31.3 Å². The zero-order valence-electron chi connectivity index (χ0n) is 21.1. The lowest BCUT2D eigenvalue weighted by atomic mass is 9.96. The van der Waals surface area contributed by atoms with Gasteiger partial charge in [-0.25, -0.2) is 9.97 Å². The molecule has 5 rings (SSSR count). The summed E-state index contributed by atoms with van der Waals surface area (Å²) >= 11 is 0. The Hall–Kier alpha value is -4.77. The van der Waals surface area contributed by atoms with E-state index in [2.05, 4.69) is 41.4 Å². The van der Waals surface area contributed by atoms with Gasteiger partial charge < -0.3 is 11.1 Å². The maximum atomic E-state index is 9.58. The first-order valence-electron chi connectivity index (χ1n) is 12.2. The maximum Gasteiger partial charge on any atom is 0.148 e. The first kappa shape index (κ1) is 23.9. The fourth-order valence-electron chi connectivity index (χ4n) is 4.32. The lowest BCUT2D eigenvalue weighted by molar-refractivity contribution is 0.534. The molecule has 37 heavy (non-hydrogen) atoms. The molecule has 0 aliphatic rings. The molecule has 0 unspecified atom stereocenters. The number of rotatable bonds is 7. The number of nitrogens with one attached hydrogen (secondary N) is 1. The van der Waals surface area contributed by atoms with Crippen LogP contribution in [0.1, 0.15) is 36.7 Å². The zero-order chi connectivity index (χ0) is 25.9. The number of nitriles is 1. The van der Waals surface area contributed by atoms with Crippen molar-refractivity contribution in [1.82, 2.24) is 24.7 Å². The van der Waals surface area contributed by atoms with Crippen molar-refractivity contribution in [2.45, 2.75) is 33.2 Å². The van der Waals surface area contributed by atoms with E-state index in [4.69, 9.17) is 15.7 Å². The summed E-state index contributed by atoms with van der Waals surface area (Å²) < 4.78 is 1.91. The Kier molecular flexibility index (Phi) is 6.52. The average Bonchev–Trinajstić information content (AvgIpc) is 3.39. The summed E-state index contributed by atoms with van der Waals surface area (Å²) in [5.74, 6) is 1.18. The molecule has 3 N–H and O–H groups in total. The molecule has 2 aromatic carbocycles. The highest BCUT2D eigenvalue weighted by atomic mass is 15.3. The quantitative estimate of drug-likeness (QED) is 0.308. The number of fused-ring (bicyclic) bond motifs is 1. The molecule has 0 bridgehead atoms. The van der Waals surface area contributed by atoms with Gasteiger partial charge in [-0.05, 0) is 50.6 Å². The molecule has 0 saturated heterocycles. The third kappa shape index (κ3) is 4.84. The van der Waals surface area contributed by atoms with Gasteiger partial charge in [0.2, 0.25) is 0 Å². The van der Waals surface area contributed by atoms with Crippen molar-refractivity contribution in [2.24, 2.45) is 0 Å². The van der Waals surface area contributed by atoms with Gasteiger partial charge in [-0.15, -0.1) is 0 Å². The normalized spacial score (nSPS) is 11.1. The second-order valence-corrected chi connectivity index (χ2v) is 9.21. The van der Waals surface area contributed by atoms with Gasteiger partial charge >= 0.3 is 0 Å². The molecule has 0 atom stereocenters. The van der Waals surface area contributed by atoms with Crippen LogP contribution in [0.5, 0.6) is 0 Å². The molecule has 0 aliphatic heterocycles. The molecule has 184 valence electrons. The molecule has 8 heteroatoms. The van der Waals surface area contributed by atoms with Crippen LogP contribution in [0.4, 0.5) is 11.6 Å². The highest BCUT2D eigenvalue weighted by Gasteiger charge is 2.18. The predicted molar refractivity (Wildman–Crippen MR) is 147 cm³/mol. The average molecular weight is 489 g/mol. The third-order valence-corrected chi connectivity index (χ3v) is 6.39. The molecule has 3 aromatic heterocycles. The van der Waals surface area contributed by atoms with E-state index in [-0.39, 0.29) is 0 Å². The van der Waals surface area contributed by atoms with E-state index in [1.54, 1.807) is 12.3 Å². The van der Waals surface area contributed by atoms with Gasteiger partial charge in [-0.1, -0.05) is 24.3 Å². The minimum atomic E-state index is 0.298. The highest BCUT2D eigenvalue weighted by Crippen LogP contribution is 2.34. The van der Waals surface area contributed by atoms with Crippen molar-refractivity contribution in [3.63, 3.8) is 0 Å². The number of nitrogens with zero attached hydrogens (tertiary/aromatic N) is 6. The molecule has 0 saturated carbocycles. The van der Waals surface area contributed by atoms with Crippen molar-refractivity contribution in [3.8, 4) is 28.6 Å². The van der Waals surface area contributed by atoms with Crippen LogP contribution in [0.15, 0.2) is 67.0 Å². The van der Waals surface area contributed by atoms with E-state index in [9.17, 15) is 5.26 Å². The highest BCUT2D eigenvalue weighted by molar-refractivity contribution is 5.88. The van der Waals surface area contributed by atoms with Crippen molar-refractivity contribution in [3.05, 3.63) is 83.8 Å².